The van der Waals surface area contributed by atoms with Crippen LogP contribution in [0.25, 0.3) is 0 Å². The van der Waals surface area contributed by atoms with Crippen molar-refractivity contribution in [3.8, 4) is 0 Å². The molecular weight excluding hydrogens is 260 g/mol. The maximum atomic E-state index is 12.1. The van der Waals surface area contributed by atoms with Crippen molar-refractivity contribution >= 4 is 5.91 Å². The molecule has 0 saturated carbocycles. The van der Waals surface area contributed by atoms with Gasteiger partial charge in [0.2, 0.25) is 5.91 Å². The normalized spacial score (nSPS) is 27.6. The number of hydrogen-bond donors (Lipinski definition) is 2. The van der Waals surface area contributed by atoms with Gasteiger partial charge in [-0.3, -0.25) is 4.79 Å². The summed E-state index contributed by atoms with van der Waals surface area (Å²) in [5, 5.41) is 6.84. The first-order valence-corrected chi connectivity index (χ1v) is 8.36. The van der Waals surface area contributed by atoms with E-state index in [4.69, 9.17) is 0 Å². The zero-order valence-corrected chi connectivity index (χ0v) is 12.9. The molecule has 2 saturated heterocycles. The molecule has 3 heteroatoms. The molecule has 2 heterocycles. The van der Waals surface area contributed by atoms with Gasteiger partial charge in [-0.2, -0.15) is 0 Å². The first kappa shape index (κ1) is 14.6. The molecule has 2 aliphatic rings. The number of rotatable bonds is 5. The summed E-state index contributed by atoms with van der Waals surface area (Å²) in [5.74, 6) is 0.209. The molecule has 1 amide bonds. The third kappa shape index (κ3) is 3.85. The molecule has 21 heavy (non-hydrogen) atoms. The van der Waals surface area contributed by atoms with E-state index in [9.17, 15) is 4.79 Å². The number of carbonyl (C=O) groups is 1. The highest BCUT2D eigenvalue weighted by atomic mass is 16.1. The minimum atomic E-state index is 0.209. The quantitative estimate of drug-likeness (QED) is 0.873. The molecule has 2 fully saturated rings. The van der Waals surface area contributed by atoms with Crippen molar-refractivity contribution in [2.24, 2.45) is 0 Å². The molecular formula is C18H26N2O. The molecule has 0 aromatic heterocycles. The molecule has 3 nitrogen and oxygen atoms in total. The minimum absolute atomic E-state index is 0.209. The van der Waals surface area contributed by atoms with Crippen LogP contribution >= 0.6 is 0 Å². The van der Waals surface area contributed by atoms with Crippen LogP contribution in [0.1, 0.15) is 50.2 Å². The fourth-order valence-corrected chi connectivity index (χ4v) is 3.67. The van der Waals surface area contributed by atoms with Crippen molar-refractivity contribution in [3.63, 3.8) is 0 Å². The predicted octanol–water partition coefficient (Wildman–Crippen LogP) is 2.58. The van der Waals surface area contributed by atoms with Crippen LogP contribution < -0.4 is 10.6 Å². The summed E-state index contributed by atoms with van der Waals surface area (Å²) >= 11 is 0. The van der Waals surface area contributed by atoms with Crippen LogP contribution in [0.5, 0.6) is 0 Å². The lowest BCUT2D eigenvalue weighted by Crippen LogP contribution is -2.48. The highest BCUT2D eigenvalue weighted by molar-refractivity contribution is 5.76. The van der Waals surface area contributed by atoms with Crippen LogP contribution in [0.3, 0.4) is 0 Å². The predicted molar refractivity (Wildman–Crippen MR) is 85.3 cm³/mol. The Balaban J connectivity index is 1.43. The molecule has 2 N–H and O–H groups in total. The van der Waals surface area contributed by atoms with Gasteiger partial charge >= 0.3 is 0 Å². The number of nitrogens with one attached hydrogen (secondary N) is 2. The van der Waals surface area contributed by atoms with Crippen LogP contribution in [0.15, 0.2) is 24.3 Å². The van der Waals surface area contributed by atoms with E-state index in [2.05, 4.69) is 41.8 Å². The maximum Gasteiger partial charge on any atom is 0.220 e. The smallest absolute Gasteiger partial charge is 0.220 e. The second-order valence-electron chi connectivity index (χ2n) is 6.54. The van der Waals surface area contributed by atoms with Gasteiger partial charge in [0.1, 0.15) is 0 Å². The number of hydrogen-bond acceptors (Lipinski definition) is 2. The van der Waals surface area contributed by atoms with Gasteiger partial charge in [0.15, 0.2) is 0 Å². The zero-order valence-electron chi connectivity index (χ0n) is 12.9. The van der Waals surface area contributed by atoms with Gasteiger partial charge in [0.05, 0.1) is 0 Å². The molecule has 1 aromatic rings. The summed E-state index contributed by atoms with van der Waals surface area (Å²) in [6.07, 6.45) is 7.28. The van der Waals surface area contributed by atoms with Crippen molar-refractivity contribution in [3.05, 3.63) is 35.4 Å². The number of aryl methyl sites for hydroxylation is 2. The number of benzene rings is 1. The number of amides is 1. The van der Waals surface area contributed by atoms with E-state index in [-0.39, 0.29) is 5.91 Å². The summed E-state index contributed by atoms with van der Waals surface area (Å²) in [5.41, 5.74) is 2.61. The first-order valence-electron chi connectivity index (χ1n) is 8.36. The fourth-order valence-electron chi connectivity index (χ4n) is 3.67. The summed E-state index contributed by atoms with van der Waals surface area (Å²) in [6.45, 7) is 2.16. The Morgan fingerprint density at radius 1 is 1.14 bits per heavy atom. The van der Waals surface area contributed by atoms with Gasteiger partial charge in [0.25, 0.3) is 0 Å². The molecule has 2 atom stereocenters. The van der Waals surface area contributed by atoms with Gasteiger partial charge in [-0.15, -0.1) is 0 Å². The third-order valence-electron chi connectivity index (χ3n) is 4.91. The van der Waals surface area contributed by atoms with Crippen molar-refractivity contribution < 1.29 is 4.79 Å². The maximum absolute atomic E-state index is 12.1. The van der Waals surface area contributed by atoms with Crippen molar-refractivity contribution in [2.45, 2.75) is 70.0 Å². The molecule has 1 aromatic carbocycles. The second kappa shape index (κ2) is 6.61. The van der Waals surface area contributed by atoms with Crippen LogP contribution in [0, 0.1) is 0 Å². The molecule has 3 rings (SSSR count). The molecule has 2 aliphatic heterocycles. The molecule has 0 spiro atoms. The Morgan fingerprint density at radius 3 is 2.38 bits per heavy atom. The summed E-state index contributed by atoms with van der Waals surface area (Å²) in [7, 11) is 0. The SMILES string of the molecule is CCc1ccc(CCC(=O)NC2CC3CCC(C2)N3)cc1. The lowest BCUT2D eigenvalue weighted by Gasteiger charge is -2.29. The van der Waals surface area contributed by atoms with Gasteiger partial charge in [-0.05, 0) is 49.7 Å². The first-order chi connectivity index (χ1) is 10.2. The highest BCUT2D eigenvalue weighted by Crippen LogP contribution is 2.26. The second-order valence-corrected chi connectivity index (χ2v) is 6.54. The zero-order chi connectivity index (χ0) is 14.7. The van der Waals surface area contributed by atoms with Gasteiger partial charge in [-0.1, -0.05) is 31.2 Å². The topological polar surface area (TPSA) is 41.1 Å². The van der Waals surface area contributed by atoms with Gasteiger partial charge in [-0.25, -0.2) is 0 Å². The molecule has 114 valence electrons. The van der Waals surface area contributed by atoms with E-state index in [1.54, 1.807) is 0 Å². The molecule has 0 aliphatic carbocycles. The Morgan fingerprint density at radius 2 is 1.76 bits per heavy atom. The minimum Gasteiger partial charge on any atom is -0.353 e. The van der Waals surface area contributed by atoms with E-state index in [1.807, 2.05) is 0 Å². The van der Waals surface area contributed by atoms with E-state index in [0.29, 0.717) is 24.5 Å². The molecule has 2 bridgehead atoms. The fraction of sp³-hybridized carbons (Fsp3) is 0.611. The highest BCUT2D eigenvalue weighted by Gasteiger charge is 2.33. The summed E-state index contributed by atoms with van der Waals surface area (Å²) < 4.78 is 0. The molecule has 2 unspecified atom stereocenters. The average molecular weight is 286 g/mol. The van der Waals surface area contributed by atoms with E-state index >= 15 is 0 Å². The Labute approximate surface area is 127 Å². The van der Waals surface area contributed by atoms with E-state index in [0.717, 1.165) is 25.7 Å². The van der Waals surface area contributed by atoms with Crippen molar-refractivity contribution in [1.82, 2.24) is 10.6 Å². The average Bonchev–Trinajstić information content (AvgIpc) is 2.84. The van der Waals surface area contributed by atoms with Crippen LogP contribution in [0.4, 0.5) is 0 Å². The third-order valence-corrected chi connectivity index (χ3v) is 4.91. The van der Waals surface area contributed by atoms with E-state index in [1.165, 1.54) is 24.0 Å². The largest absolute Gasteiger partial charge is 0.353 e. The Bertz CT molecular complexity index is 470. The van der Waals surface area contributed by atoms with Crippen molar-refractivity contribution in [2.75, 3.05) is 0 Å². The lowest BCUT2D eigenvalue weighted by molar-refractivity contribution is -0.122. The van der Waals surface area contributed by atoms with Crippen LogP contribution in [0.2, 0.25) is 0 Å². The summed E-state index contributed by atoms with van der Waals surface area (Å²) in [4.78, 5) is 12.1. The van der Waals surface area contributed by atoms with Gasteiger partial charge < -0.3 is 10.6 Å². The van der Waals surface area contributed by atoms with Crippen LogP contribution in [-0.4, -0.2) is 24.0 Å². The number of piperidine rings is 1. The lowest BCUT2D eigenvalue weighted by atomic mass is 9.99. The monoisotopic (exact) mass is 286 g/mol. The Kier molecular flexibility index (Phi) is 4.59. The van der Waals surface area contributed by atoms with Crippen molar-refractivity contribution in [1.29, 1.82) is 0 Å². The van der Waals surface area contributed by atoms with Gasteiger partial charge in [0, 0.05) is 24.5 Å². The number of carbonyl (C=O) groups excluding carboxylic acids is 1. The number of fused-ring (bicyclic) bond motifs is 2. The molecule has 0 radical (unpaired) electrons. The van der Waals surface area contributed by atoms with E-state index < -0.39 is 0 Å². The Hall–Kier alpha value is -1.35. The summed E-state index contributed by atoms with van der Waals surface area (Å²) in [6, 6.07) is 10.3. The standard InChI is InChI=1S/C18H26N2O/c1-2-13-3-5-14(6-4-13)7-10-18(21)20-17-11-15-8-9-16(12-17)19-15/h3-6,15-17,19H,2,7-12H2,1H3,(H,20,21). The van der Waals surface area contributed by atoms with Crippen LogP contribution in [-0.2, 0) is 17.6 Å².